The summed E-state index contributed by atoms with van der Waals surface area (Å²) < 4.78 is 11.5. The molecule has 1 aromatic rings. The van der Waals surface area contributed by atoms with E-state index in [4.69, 9.17) is 9.15 Å². The Bertz CT molecular complexity index is 489. The molecule has 7 heteroatoms. The van der Waals surface area contributed by atoms with Crippen molar-refractivity contribution in [3.05, 3.63) is 22.6 Å². The average Bonchev–Trinajstić information content (AvgIpc) is 2.89. The van der Waals surface area contributed by atoms with Gasteiger partial charge in [0.15, 0.2) is 10.6 Å². The molecule has 0 radical (unpaired) electrons. The van der Waals surface area contributed by atoms with E-state index in [1.54, 1.807) is 14.2 Å². The van der Waals surface area contributed by atoms with Gasteiger partial charge in [-0.3, -0.25) is 4.99 Å². The van der Waals surface area contributed by atoms with Gasteiger partial charge in [0, 0.05) is 40.3 Å². The summed E-state index contributed by atoms with van der Waals surface area (Å²) in [6, 6.07) is 3.90. The molecule has 1 aliphatic carbocycles. The van der Waals surface area contributed by atoms with Gasteiger partial charge in [0.1, 0.15) is 5.76 Å². The quantitative estimate of drug-likeness (QED) is 0.326. The molecule has 0 saturated heterocycles. The van der Waals surface area contributed by atoms with Crippen molar-refractivity contribution < 1.29 is 9.15 Å². The molecule has 0 aliphatic heterocycles. The molecule has 1 saturated carbocycles. The lowest BCUT2D eigenvalue weighted by molar-refractivity contribution is 0.0732. The number of methoxy groups -OCH3 is 1. The van der Waals surface area contributed by atoms with Gasteiger partial charge in [0.25, 0.3) is 0 Å². The minimum atomic E-state index is 0. The molecular formula is C16H27BrIN3O2. The first-order valence-corrected chi connectivity index (χ1v) is 8.64. The van der Waals surface area contributed by atoms with E-state index in [0.717, 1.165) is 48.9 Å². The van der Waals surface area contributed by atoms with Crippen molar-refractivity contribution in [2.75, 3.05) is 33.9 Å². The topological polar surface area (TPSA) is 58.8 Å². The highest BCUT2D eigenvalue weighted by Gasteiger charge is 2.36. The fourth-order valence-corrected chi connectivity index (χ4v) is 3.13. The van der Waals surface area contributed by atoms with Gasteiger partial charge >= 0.3 is 0 Å². The molecule has 132 valence electrons. The largest absolute Gasteiger partial charge is 0.454 e. The maximum Gasteiger partial charge on any atom is 0.191 e. The number of aliphatic imine (C=N–C) groups is 1. The number of nitrogens with zero attached hydrogens (tertiary/aromatic N) is 1. The highest BCUT2D eigenvalue weighted by atomic mass is 127. The molecule has 0 amide bonds. The summed E-state index contributed by atoms with van der Waals surface area (Å²) in [5, 5.41) is 6.79. The molecule has 1 aliphatic rings. The predicted molar refractivity (Wildman–Crippen MR) is 108 cm³/mol. The summed E-state index contributed by atoms with van der Waals surface area (Å²) in [7, 11) is 3.58. The zero-order valence-electron chi connectivity index (χ0n) is 13.9. The third kappa shape index (κ3) is 6.62. The van der Waals surface area contributed by atoms with Crippen molar-refractivity contribution in [1.82, 2.24) is 10.6 Å². The number of ether oxygens (including phenoxy) is 1. The Kier molecular flexibility index (Phi) is 9.53. The predicted octanol–water partition coefficient (Wildman–Crippen LogP) is 3.57. The number of hydrogen-bond acceptors (Lipinski definition) is 3. The molecular weight excluding hydrogens is 473 g/mol. The van der Waals surface area contributed by atoms with Crippen molar-refractivity contribution in [3.63, 3.8) is 0 Å². The van der Waals surface area contributed by atoms with Gasteiger partial charge in [0.2, 0.25) is 0 Å². The van der Waals surface area contributed by atoms with E-state index in [1.165, 1.54) is 19.3 Å². The van der Waals surface area contributed by atoms with Gasteiger partial charge in [-0.2, -0.15) is 0 Å². The van der Waals surface area contributed by atoms with E-state index in [9.17, 15) is 0 Å². The van der Waals surface area contributed by atoms with Crippen molar-refractivity contribution >= 4 is 45.9 Å². The minimum Gasteiger partial charge on any atom is -0.454 e. The fourth-order valence-electron chi connectivity index (χ4n) is 2.79. The van der Waals surface area contributed by atoms with Gasteiger partial charge in [-0.25, -0.2) is 0 Å². The highest BCUT2D eigenvalue weighted by molar-refractivity contribution is 14.0. The third-order valence-electron chi connectivity index (χ3n) is 4.40. The second kappa shape index (κ2) is 10.6. The normalized spacial score (nSPS) is 16.4. The Hall–Kier alpha value is -0.280. The van der Waals surface area contributed by atoms with Crippen molar-refractivity contribution in [3.8, 4) is 0 Å². The monoisotopic (exact) mass is 499 g/mol. The standard InChI is InChI=1S/C16H26BrN3O2.HI/c1-18-15(19-10-6-13-4-5-14(17)22-13)20-12-16(7-3-8-16)9-11-21-2;/h4-5H,3,6-12H2,1-2H3,(H2,18,19,20);1H. The Morgan fingerprint density at radius 3 is 2.70 bits per heavy atom. The number of hydrogen-bond donors (Lipinski definition) is 2. The van der Waals surface area contributed by atoms with E-state index < -0.39 is 0 Å². The van der Waals surface area contributed by atoms with Crippen LogP contribution in [0, 0.1) is 5.41 Å². The Morgan fingerprint density at radius 2 is 2.17 bits per heavy atom. The molecule has 5 nitrogen and oxygen atoms in total. The van der Waals surface area contributed by atoms with E-state index in [-0.39, 0.29) is 24.0 Å². The van der Waals surface area contributed by atoms with E-state index in [1.807, 2.05) is 12.1 Å². The summed E-state index contributed by atoms with van der Waals surface area (Å²) in [4.78, 5) is 4.29. The van der Waals surface area contributed by atoms with Gasteiger partial charge in [0.05, 0.1) is 0 Å². The van der Waals surface area contributed by atoms with Crippen LogP contribution in [0.5, 0.6) is 0 Å². The lowest BCUT2D eigenvalue weighted by Crippen LogP contribution is -2.47. The highest BCUT2D eigenvalue weighted by Crippen LogP contribution is 2.43. The van der Waals surface area contributed by atoms with Crippen LogP contribution in [0.4, 0.5) is 0 Å². The summed E-state index contributed by atoms with van der Waals surface area (Å²) in [5.41, 5.74) is 0.388. The molecule has 0 bridgehead atoms. The van der Waals surface area contributed by atoms with Crippen molar-refractivity contribution in [2.24, 2.45) is 10.4 Å². The second-order valence-corrected chi connectivity index (χ2v) is 6.69. The molecule has 0 unspecified atom stereocenters. The smallest absolute Gasteiger partial charge is 0.191 e. The molecule has 1 fully saturated rings. The number of rotatable bonds is 8. The van der Waals surface area contributed by atoms with Gasteiger partial charge in [-0.1, -0.05) is 6.42 Å². The van der Waals surface area contributed by atoms with Crippen LogP contribution in [0.15, 0.2) is 26.2 Å². The summed E-state index contributed by atoms with van der Waals surface area (Å²) in [6.45, 7) is 2.59. The lowest BCUT2D eigenvalue weighted by atomic mass is 9.67. The SMILES string of the molecule is CN=C(NCCc1ccc(Br)o1)NCC1(CCOC)CCC1.I. The molecule has 23 heavy (non-hydrogen) atoms. The zero-order chi connectivity index (χ0) is 15.8. The van der Waals surface area contributed by atoms with Crippen LogP contribution < -0.4 is 10.6 Å². The Morgan fingerprint density at radius 1 is 1.39 bits per heavy atom. The van der Waals surface area contributed by atoms with Crippen molar-refractivity contribution in [1.29, 1.82) is 0 Å². The Labute approximate surface area is 164 Å². The fraction of sp³-hybridized carbons (Fsp3) is 0.688. The maximum absolute atomic E-state index is 5.49. The van der Waals surface area contributed by atoms with Crippen LogP contribution in [-0.2, 0) is 11.2 Å². The second-order valence-electron chi connectivity index (χ2n) is 5.90. The maximum atomic E-state index is 5.49. The molecule has 0 spiro atoms. The van der Waals surface area contributed by atoms with Crippen LogP contribution in [0.2, 0.25) is 0 Å². The molecule has 0 aromatic carbocycles. The van der Waals surface area contributed by atoms with Crippen LogP contribution in [0.1, 0.15) is 31.4 Å². The van der Waals surface area contributed by atoms with Crippen LogP contribution in [0.25, 0.3) is 0 Å². The summed E-state index contributed by atoms with van der Waals surface area (Å²) in [5.74, 6) is 1.82. The summed E-state index contributed by atoms with van der Waals surface area (Å²) >= 11 is 3.31. The molecule has 2 N–H and O–H groups in total. The zero-order valence-corrected chi connectivity index (χ0v) is 17.8. The average molecular weight is 500 g/mol. The van der Waals surface area contributed by atoms with Gasteiger partial charge in [-0.15, -0.1) is 24.0 Å². The lowest BCUT2D eigenvalue weighted by Gasteiger charge is -2.42. The molecule has 0 atom stereocenters. The van der Waals surface area contributed by atoms with Crippen LogP contribution in [-0.4, -0.2) is 39.8 Å². The summed E-state index contributed by atoms with van der Waals surface area (Å²) in [6.07, 6.45) is 5.83. The number of nitrogens with one attached hydrogen (secondary N) is 2. The molecule has 2 rings (SSSR count). The van der Waals surface area contributed by atoms with E-state index in [2.05, 4.69) is 31.6 Å². The number of furan rings is 1. The molecule has 1 heterocycles. The first-order valence-electron chi connectivity index (χ1n) is 7.85. The van der Waals surface area contributed by atoms with Crippen LogP contribution in [0.3, 0.4) is 0 Å². The van der Waals surface area contributed by atoms with E-state index >= 15 is 0 Å². The third-order valence-corrected chi connectivity index (χ3v) is 4.82. The van der Waals surface area contributed by atoms with Gasteiger partial charge < -0.3 is 19.8 Å². The Balaban J connectivity index is 0.00000264. The van der Waals surface area contributed by atoms with Crippen LogP contribution >= 0.6 is 39.9 Å². The number of guanidine groups is 1. The van der Waals surface area contributed by atoms with Crippen molar-refractivity contribution in [2.45, 2.75) is 32.1 Å². The molecule has 1 aromatic heterocycles. The van der Waals surface area contributed by atoms with E-state index in [0.29, 0.717) is 5.41 Å². The minimum absolute atomic E-state index is 0. The van der Waals surface area contributed by atoms with Gasteiger partial charge in [-0.05, 0) is 52.7 Å². The first kappa shape index (κ1) is 20.8. The first-order chi connectivity index (χ1) is 10.7. The number of halogens is 2.